The Morgan fingerprint density at radius 1 is 0.638 bits per heavy atom. The van der Waals surface area contributed by atoms with E-state index in [1.54, 1.807) is 24.3 Å². The molecular formula is C34H40N4O9. The summed E-state index contributed by atoms with van der Waals surface area (Å²) in [4.78, 5) is 48.4. The van der Waals surface area contributed by atoms with E-state index in [0.717, 1.165) is 39.2 Å². The van der Waals surface area contributed by atoms with Crippen LogP contribution in [0.4, 0.5) is 0 Å². The number of rotatable bonds is 9. The molecule has 2 aromatic carbocycles. The second kappa shape index (κ2) is 28.7. The first-order valence-electron chi connectivity index (χ1n) is 14.3. The minimum atomic E-state index is -0.833. The van der Waals surface area contributed by atoms with Crippen molar-refractivity contribution in [3.05, 3.63) is 58.7 Å². The van der Waals surface area contributed by atoms with E-state index in [2.05, 4.69) is 11.7 Å². The number of aliphatic carboxylic acids is 3. The molecule has 0 aliphatic heterocycles. The minimum Gasteiger partial charge on any atom is -0.481 e. The van der Waals surface area contributed by atoms with Crippen molar-refractivity contribution in [3.63, 3.8) is 0 Å². The van der Waals surface area contributed by atoms with Gasteiger partial charge in [-0.05, 0) is 18.1 Å². The predicted molar refractivity (Wildman–Crippen MR) is 170 cm³/mol. The first kappa shape index (κ1) is 45.4. The minimum absolute atomic E-state index is 0.0482. The third-order valence-electron chi connectivity index (χ3n) is 5.11. The van der Waals surface area contributed by atoms with E-state index >= 15 is 0 Å². The second-order valence-corrected chi connectivity index (χ2v) is 9.30. The summed E-state index contributed by atoms with van der Waals surface area (Å²) in [5.41, 5.74) is 1.33. The Kier molecular flexibility index (Phi) is 27.7. The van der Waals surface area contributed by atoms with Crippen LogP contribution in [0, 0.1) is 45.3 Å². The molecule has 47 heavy (non-hydrogen) atoms. The predicted octanol–water partition coefficient (Wildman–Crippen LogP) is 6.33. The molecule has 0 bridgehead atoms. The largest absolute Gasteiger partial charge is 0.481 e. The van der Waals surface area contributed by atoms with Gasteiger partial charge in [0.1, 0.15) is 24.3 Å². The molecule has 0 amide bonds. The fourth-order valence-electron chi connectivity index (χ4n) is 3.40. The number of esters is 2. The van der Waals surface area contributed by atoms with Gasteiger partial charge in [0.05, 0.1) is 22.3 Å². The molecule has 0 atom stereocenters. The van der Waals surface area contributed by atoms with E-state index in [4.69, 9.17) is 40.2 Å². The average molecular weight is 649 g/mol. The van der Waals surface area contributed by atoms with Crippen LogP contribution in [0.2, 0.25) is 0 Å². The third kappa shape index (κ3) is 26.1. The molecule has 0 heterocycles. The number of nitriles is 4. The van der Waals surface area contributed by atoms with Gasteiger partial charge in [0, 0.05) is 39.7 Å². The maximum atomic E-state index is 10.9. The Morgan fingerprint density at radius 2 is 1.06 bits per heavy atom. The molecule has 0 fully saturated rings. The summed E-state index contributed by atoms with van der Waals surface area (Å²) in [7, 11) is 0. The zero-order valence-corrected chi connectivity index (χ0v) is 27.2. The first-order valence-corrected chi connectivity index (χ1v) is 14.3. The summed E-state index contributed by atoms with van der Waals surface area (Å²) in [6.45, 7) is 6.69. The van der Waals surface area contributed by atoms with Crippen molar-refractivity contribution < 1.29 is 44.0 Å². The van der Waals surface area contributed by atoms with E-state index in [1.165, 1.54) is 45.1 Å². The van der Waals surface area contributed by atoms with Gasteiger partial charge in [0.25, 0.3) is 17.9 Å². The van der Waals surface area contributed by atoms with Gasteiger partial charge in [0.15, 0.2) is 0 Å². The van der Waals surface area contributed by atoms with Crippen molar-refractivity contribution in [3.8, 4) is 35.4 Å². The van der Waals surface area contributed by atoms with Gasteiger partial charge in [-0.25, -0.2) is 0 Å². The van der Waals surface area contributed by atoms with Crippen molar-refractivity contribution >= 4 is 29.8 Å². The Bertz CT molecular complexity index is 1440. The van der Waals surface area contributed by atoms with E-state index in [9.17, 15) is 20.1 Å². The van der Waals surface area contributed by atoms with Gasteiger partial charge >= 0.3 is 11.9 Å². The number of unbranched alkanes of at least 4 members (excludes halogenated alkanes) is 6. The highest BCUT2D eigenvalue weighted by Crippen LogP contribution is 2.30. The van der Waals surface area contributed by atoms with E-state index in [-0.39, 0.29) is 22.3 Å². The van der Waals surface area contributed by atoms with Crippen LogP contribution in [-0.2, 0) is 28.7 Å². The highest BCUT2D eigenvalue weighted by molar-refractivity contribution is 5.84. The van der Waals surface area contributed by atoms with Crippen LogP contribution in [0.5, 0.6) is 0 Å². The van der Waals surface area contributed by atoms with Crippen LogP contribution in [0.3, 0.4) is 0 Å². The number of ether oxygens (including phenoxy) is 1. The number of carboxylic acids is 3. The van der Waals surface area contributed by atoms with Crippen molar-refractivity contribution in [1.29, 1.82) is 21.0 Å². The SMILES string of the molecule is CC(=O)O.CC(=O)O.CC(=O)O.CCCCCCCCCC(=O)OC(C)=O.N#Cc1cc(-c2ccccc2)c(C#N)c(C#N)c1C#N. The molecule has 0 unspecified atom stereocenters. The Hall–Kier alpha value is -6.05. The summed E-state index contributed by atoms with van der Waals surface area (Å²) in [5, 5.41) is 58.9. The van der Waals surface area contributed by atoms with E-state index in [1.807, 2.05) is 30.3 Å². The van der Waals surface area contributed by atoms with Gasteiger partial charge in [-0.1, -0.05) is 75.8 Å². The molecule has 3 N–H and O–H groups in total. The van der Waals surface area contributed by atoms with Crippen LogP contribution >= 0.6 is 0 Å². The van der Waals surface area contributed by atoms with Crippen molar-refractivity contribution in [1.82, 2.24) is 0 Å². The van der Waals surface area contributed by atoms with Crippen LogP contribution in [0.1, 0.15) is 108 Å². The standard InChI is InChI=1S/C16H6N4.C12H22O3.3C2H4O2/c17-7-12-6-13(11-4-2-1-3-5-11)15(9-19)16(10-20)14(12)8-18;1-3-4-5-6-7-8-9-10-12(14)15-11(2)13;3*1-2(3)4/h1-6H;3-10H2,1-2H3;3*1H3,(H,3,4). The lowest BCUT2D eigenvalue weighted by molar-refractivity contribution is -0.158. The lowest BCUT2D eigenvalue weighted by Gasteiger charge is -2.08. The summed E-state index contributed by atoms with van der Waals surface area (Å²) in [6, 6.07) is 18.0. The quantitative estimate of drug-likeness (QED) is 0.153. The van der Waals surface area contributed by atoms with Gasteiger partial charge in [-0.15, -0.1) is 0 Å². The topological polar surface area (TPSA) is 250 Å². The molecule has 0 aliphatic rings. The number of carbonyl (C=O) groups excluding carboxylic acids is 2. The van der Waals surface area contributed by atoms with Gasteiger partial charge in [0.2, 0.25) is 0 Å². The summed E-state index contributed by atoms with van der Waals surface area (Å²) >= 11 is 0. The maximum absolute atomic E-state index is 10.9. The molecule has 250 valence electrons. The highest BCUT2D eigenvalue weighted by Gasteiger charge is 2.18. The number of hydrogen-bond donors (Lipinski definition) is 3. The normalized spacial score (nSPS) is 8.53. The van der Waals surface area contributed by atoms with Gasteiger partial charge in [-0.3, -0.25) is 24.0 Å². The number of nitrogens with zero attached hydrogens (tertiary/aromatic N) is 4. The van der Waals surface area contributed by atoms with Crippen LogP contribution in [-0.4, -0.2) is 45.2 Å². The summed E-state index contributed by atoms with van der Waals surface area (Å²) < 4.78 is 4.42. The molecule has 13 nitrogen and oxygen atoms in total. The molecule has 13 heteroatoms. The zero-order valence-electron chi connectivity index (χ0n) is 27.2. The highest BCUT2D eigenvalue weighted by atomic mass is 16.6. The zero-order chi connectivity index (χ0) is 36.8. The molecule has 2 aromatic rings. The molecular weight excluding hydrogens is 608 g/mol. The molecule has 0 aromatic heterocycles. The molecule has 0 saturated heterocycles. The lowest BCUT2D eigenvalue weighted by Crippen LogP contribution is -2.08. The molecule has 0 spiro atoms. The van der Waals surface area contributed by atoms with Crippen LogP contribution in [0.25, 0.3) is 11.1 Å². The third-order valence-corrected chi connectivity index (χ3v) is 5.11. The maximum Gasteiger partial charge on any atom is 0.313 e. The Labute approximate surface area is 274 Å². The van der Waals surface area contributed by atoms with Crippen LogP contribution < -0.4 is 0 Å². The molecule has 0 saturated carbocycles. The number of carboxylic acid groups (broad SMARTS) is 3. The smallest absolute Gasteiger partial charge is 0.313 e. The lowest BCUT2D eigenvalue weighted by atomic mass is 9.90. The number of benzene rings is 2. The van der Waals surface area contributed by atoms with Crippen molar-refractivity contribution in [2.24, 2.45) is 0 Å². The average Bonchev–Trinajstić information content (AvgIpc) is 2.99. The first-order chi connectivity index (χ1) is 22.1. The summed E-state index contributed by atoms with van der Waals surface area (Å²) in [6.07, 6.45) is 8.51. The summed E-state index contributed by atoms with van der Waals surface area (Å²) in [5.74, 6) is -3.40. The number of carbonyl (C=O) groups is 5. The van der Waals surface area contributed by atoms with Gasteiger partial charge in [-0.2, -0.15) is 21.0 Å². The van der Waals surface area contributed by atoms with Crippen molar-refractivity contribution in [2.45, 2.75) is 86.0 Å². The second-order valence-electron chi connectivity index (χ2n) is 9.30. The monoisotopic (exact) mass is 648 g/mol. The van der Waals surface area contributed by atoms with Crippen molar-refractivity contribution in [2.75, 3.05) is 0 Å². The fourth-order valence-corrected chi connectivity index (χ4v) is 3.40. The van der Waals surface area contributed by atoms with E-state index in [0.29, 0.717) is 12.0 Å². The fraction of sp³-hybridized carbons (Fsp3) is 0.382. The Balaban J connectivity index is -0.000000627. The van der Waals surface area contributed by atoms with Crippen LogP contribution in [0.15, 0.2) is 36.4 Å². The van der Waals surface area contributed by atoms with E-state index < -0.39 is 29.8 Å². The molecule has 0 radical (unpaired) electrons. The Morgan fingerprint density at radius 3 is 1.45 bits per heavy atom. The molecule has 0 aliphatic carbocycles. The van der Waals surface area contributed by atoms with Gasteiger partial charge < -0.3 is 20.1 Å². The molecule has 2 rings (SSSR count). The number of hydrogen-bond acceptors (Lipinski definition) is 10.